The monoisotopic (exact) mass is 318 g/mol. The van der Waals surface area contributed by atoms with Crippen molar-refractivity contribution in [2.75, 3.05) is 46.8 Å². The highest BCUT2D eigenvalue weighted by molar-refractivity contribution is 5.79. The SMILES string of the molecule is CN(C)C(CNC(=O)CN1CCNC(=O)CC1)c1ccccc1. The topological polar surface area (TPSA) is 64.7 Å². The molecule has 2 rings (SSSR count). The van der Waals surface area contributed by atoms with Crippen LogP contribution in [0.1, 0.15) is 18.0 Å². The van der Waals surface area contributed by atoms with Gasteiger partial charge in [0.05, 0.1) is 12.6 Å². The fourth-order valence-corrected chi connectivity index (χ4v) is 2.71. The summed E-state index contributed by atoms with van der Waals surface area (Å²) >= 11 is 0. The van der Waals surface area contributed by atoms with Crippen molar-refractivity contribution in [2.45, 2.75) is 12.5 Å². The predicted molar refractivity (Wildman–Crippen MR) is 89.9 cm³/mol. The number of likely N-dealkylation sites (N-methyl/N-ethyl adjacent to an activating group) is 1. The van der Waals surface area contributed by atoms with Gasteiger partial charge < -0.3 is 15.5 Å². The molecule has 0 aromatic heterocycles. The maximum absolute atomic E-state index is 12.2. The Balaban J connectivity index is 1.83. The summed E-state index contributed by atoms with van der Waals surface area (Å²) in [4.78, 5) is 27.6. The van der Waals surface area contributed by atoms with Gasteiger partial charge >= 0.3 is 0 Å². The summed E-state index contributed by atoms with van der Waals surface area (Å²) in [6, 6.07) is 10.3. The number of rotatable bonds is 6. The molecule has 0 radical (unpaired) electrons. The molecule has 2 amide bonds. The highest BCUT2D eigenvalue weighted by Crippen LogP contribution is 2.16. The van der Waals surface area contributed by atoms with Gasteiger partial charge in [-0.1, -0.05) is 30.3 Å². The number of hydrogen-bond acceptors (Lipinski definition) is 4. The lowest BCUT2D eigenvalue weighted by Crippen LogP contribution is -2.41. The molecule has 23 heavy (non-hydrogen) atoms. The molecule has 1 unspecified atom stereocenters. The first-order valence-electron chi connectivity index (χ1n) is 8.03. The van der Waals surface area contributed by atoms with Crippen molar-refractivity contribution in [1.82, 2.24) is 20.4 Å². The van der Waals surface area contributed by atoms with Gasteiger partial charge in [-0.3, -0.25) is 14.5 Å². The number of carbonyl (C=O) groups excluding carboxylic acids is 2. The smallest absolute Gasteiger partial charge is 0.234 e. The Morgan fingerprint density at radius 3 is 2.74 bits per heavy atom. The van der Waals surface area contributed by atoms with Crippen LogP contribution in [-0.4, -0.2) is 68.4 Å². The van der Waals surface area contributed by atoms with Gasteiger partial charge in [0.15, 0.2) is 0 Å². The molecule has 1 aromatic rings. The molecule has 6 heteroatoms. The van der Waals surface area contributed by atoms with Crippen LogP contribution in [0.25, 0.3) is 0 Å². The summed E-state index contributed by atoms with van der Waals surface area (Å²) in [6.45, 7) is 2.87. The summed E-state index contributed by atoms with van der Waals surface area (Å²) in [5.41, 5.74) is 1.18. The van der Waals surface area contributed by atoms with Crippen LogP contribution in [0.15, 0.2) is 30.3 Å². The van der Waals surface area contributed by atoms with Crippen LogP contribution in [0.5, 0.6) is 0 Å². The fraction of sp³-hybridized carbons (Fsp3) is 0.529. The molecule has 6 nitrogen and oxygen atoms in total. The van der Waals surface area contributed by atoms with E-state index in [1.54, 1.807) is 0 Å². The van der Waals surface area contributed by atoms with Crippen molar-refractivity contribution in [3.05, 3.63) is 35.9 Å². The lowest BCUT2D eigenvalue weighted by molar-refractivity contribution is -0.123. The summed E-state index contributed by atoms with van der Waals surface area (Å²) in [5, 5.41) is 5.83. The standard InChI is InChI=1S/C17H26N4O2/c1-20(2)15(14-6-4-3-5-7-14)12-19-17(23)13-21-10-8-16(22)18-9-11-21/h3-7,15H,8-13H2,1-2H3,(H,18,22)(H,19,23). The zero-order valence-electron chi connectivity index (χ0n) is 13.9. The molecule has 0 aliphatic carbocycles. The van der Waals surface area contributed by atoms with Crippen LogP contribution in [0.2, 0.25) is 0 Å². The minimum atomic E-state index is 0.00197. The van der Waals surface area contributed by atoms with E-state index in [4.69, 9.17) is 0 Å². The third-order valence-electron chi connectivity index (χ3n) is 4.07. The third-order valence-corrected chi connectivity index (χ3v) is 4.07. The average molecular weight is 318 g/mol. The number of nitrogens with zero attached hydrogens (tertiary/aromatic N) is 2. The maximum atomic E-state index is 12.2. The van der Waals surface area contributed by atoms with E-state index < -0.39 is 0 Å². The molecule has 1 aliphatic heterocycles. The van der Waals surface area contributed by atoms with Gasteiger partial charge in [0.1, 0.15) is 0 Å². The third kappa shape index (κ3) is 5.65. The van der Waals surface area contributed by atoms with Crippen LogP contribution in [0, 0.1) is 0 Å². The Labute approximate surface area is 137 Å². The molecule has 0 spiro atoms. The Bertz CT molecular complexity index is 519. The fourth-order valence-electron chi connectivity index (χ4n) is 2.71. The van der Waals surface area contributed by atoms with E-state index in [0.717, 1.165) is 6.54 Å². The number of benzene rings is 1. The first kappa shape index (κ1) is 17.4. The normalized spacial score (nSPS) is 17.4. The second-order valence-electron chi connectivity index (χ2n) is 6.07. The van der Waals surface area contributed by atoms with Crippen LogP contribution in [0.3, 0.4) is 0 Å². The molecule has 0 saturated carbocycles. The van der Waals surface area contributed by atoms with Gasteiger partial charge in [-0.25, -0.2) is 0 Å². The maximum Gasteiger partial charge on any atom is 0.234 e. The number of amides is 2. The van der Waals surface area contributed by atoms with Crippen molar-refractivity contribution < 1.29 is 9.59 Å². The Morgan fingerprint density at radius 1 is 1.30 bits per heavy atom. The number of carbonyl (C=O) groups is 2. The Morgan fingerprint density at radius 2 is 2.04 bits per heavy atom. The van der Waals surface area contributed by atoms with E-state index >= 15 is 0 Å². The van der Waals surface area contributed by atoms with Gasteiger partial charge in [0.2, 0.25) is 11.8 Å². The van der Waals surface area contributed by atoms with Gasteiger partial charge in [-0.05, 0) is 19.7 Å². The molecule has 1 atom stereocenters. The molecular weight excluding hydrogens is 292 g/mol. The zero-order chi connectivity index (χ0) is 16.7. The summed E-state index contributed by atoms with van der Waals surface area (Å²) < 4.78 is 0. The number of hydrogen-bond donors (Lipinski definition) is 2. The zero-order valence-corrected chi connectivity index (χ0v) is 13.9. The first-order chi connectivity index (χ1) is 11.1. The second-order valence-corrected chi connectivity index (χ2v) is 6.07. The largest absolute Gasteiger partial charge is 0.355 e. The van der Waals surface area contributed by atoms with E-state index in [1.807, 2.05) is 37.2 Å². The predicted octanol–water partition coefficient (Wildman–Crippen LogP) is 0.227. The van der Waals surface area contributed by atoms with Crippen molar-refractivity contribution >= 4 is 11.8 Å². The number of nitrogens with one attached hydrogen (secondary N) is 2. The van der Waals surface area contributed by atoms with Gasteiger partial charge in [0.25, 0.3) is 0 Å². The molecule has 1 aliphatic rings. The van der Waals surface area contributed by atoms with Crippen molar-refractivity contribution in [3.8, 4) is 0 Å². The molecule has 1 saturated heterocycles. The van der Waals surface area contributed by atoms with E-state index in [-0.39, 0.29) is 17.9 Å². The summed E-state index contributed by atoms with van der Waals surface area (Å²) in [7, 11) is 4.02. The van der Waals surface area contributed by atoms with Crippen LogP contribution in [-0.2, 0) is 9.59 Å². The van der Waals surface area contributed by atoms with Crippen molar-refractivity contribution in [1.29, 1.82) is 0 Å². The minimum Gasteiger partial charge on any atom is -0.355 e. The molecule has 1 aromatic carbocycles. The molecule has 1 heterocycles. The lowest BCUT2D eigenvalue weighted by Gasteiger charge is -2.26. The Kier molecular flexibility index (Phi) is 6.55. The second kappa shape index (κ2) is 8.64. The highest BCUT2D eigenvalue weighted by atomic mass is 16.2. The van der Waals surface area contributed by atoms with Gasteiger partial charge in [-0.15, -0.1) is 0 Å². The van der Waals surface area contributed by atoms with Crippen LogP contribution < -0.4 is 10.6 Å². The van der Waals surface area contributed by atoms with Gasteiger partial charge in [-0.2, -0.15) is 0 Å². The summed E-state index contributed by atoms with van der Waals surface area (Å²) in [5.74, 6) is 0.0618. The summed E-state index contributed by atoms with van der Waals surface area (Å²) in [6.07, 6.45) is 0.456. The average Bonchev–Trinajstić information content (AvgIpc) is 2.73. The van der Waals surface area contributed by atoms with Gasteiger partial charge in [0, 0.05) is 32.6 Å². The van der Waals surface area contributed by atoms with E-state index in [2.05, 4.69) is 27.7 Å². The van der Waals surface area contributed by atoms with Crippen molar-refractivity contribution in [3.63, 3.8) is 0 Å². The molecular formula is C17H26N4O2. The molecule has 0 bridgehead atoms. The van der Waals surface area contributed by atoms with E-state index in [0.29, 0.717) is 32.6 Å². The van der Waals surface area contributed by atoms with Crippen LogP contribution in [0.4, 0.5) is 0 Å². The van der Waals surface area contributed by atoms with Crippen LogP contribution >= 0.6 is 0 Å². The molecule has 126 valence electrons. The molecule has 1 fully saturated rings. The Hall–Kier alpha value is -1.92. The van der Waals surface area contributed by atoms with E-state index in [1.165, 1.54) is 5.56 Å². The van der Waals surface area contributed by atoms with Crippen molar-refractivity contribution in [2.24, 2.45) is 0 Å². The first-order valence-corrected chi connectivity index (χ1v) is 8.03. The minimum absolute atomic E-state index is 0.00197. The van der Waals surface area contributed by atoms with E-state index in [9.17, 15) is 9.59 Å². The quantitative estimate of drug-likeness (QED) is 0.788. The highest BCUT2D eigenvalue weighted by Gasteiger charge is 2.18. The molecule has 2 N–H and O–H groups in total. The lowest BCUT2D eigenvalue weighted by atomic mass is 10.1.